The summed E-state index contributed by atoms with van der Waals surface area (Å²) in [5, 5.41) is 10.1. The Kier molecular flexibility index (Phi) is 4.02. The van der Waals surface area contributed by atoms with Gasteiger partial charge in [-0.05, 0) is 37.6 Å². The highest BCUT2D eigenvalue weighted by atomic mass is 19.4. The number of hydrogen-bond acceptors (Lipinski definition) is 2. The third-order valence-electron chi connectivity index (χ3n) is 4.31. The number of pyridine rings is 1. The molecule has 0 fully saturated rings. The van der Waals surface area contributed by atoms with E-state index in [1.807, 2.05) is 0 Å². The maximum atomic E-state index is 12.9. The Morgan fingerprint density at radius 3 is 2.56 bits per heavy atom. The van der Waals surface area contributed by atoms with Gasteiger partial charge in [0.25, 0.3) is 0 Å². The van der Waals surface area contributed by atoms with Crippen molar-refractivity contribution in [2.75, 3.05) is 0 Å². The Morgan fingerprint density at radius 2 is 1.92 bits per heavy atom. The molecule has 0 amide bonds. The highest BCUT2D eigenvalue weighted by molar-refractivity contribution is 6.05. The zero-order valence-corrected chi connectivity index (χ0v) is 13.5. The summed E-state index contributed by atoms with van der Waals surface area (Å²) >= 11 is 0. The van der Waals surface area contributed by atoms with E-state index in [4.69, 9.17) is 0 Å². The highest BCUT2D eigenvalue weighted by Gasteiger charge is 2.33. The number of benzene rings is 1. The first-order valence-electron chi connectivity index (χ1n) is 7.57. The number of hydrogen-bond donors (Lipinski definition) is 1. The normalized spacial score (nSPS) is 13.2. The fourth-order valence-corrected chi connectivity index (χ4v) is 3.17. The van der Waals surface area contributed by atoms with Gasteiger partial charge in [-0.2, -0.15) is 13.2 Å². The molecule has 0 bridgehead atoms. The minimum Gasteiger partial charge on any atom is -0.478 e. The van der Waals surface area contributed by atoms with E-state index in [9.17, 15) is 23.1 Å². The first kappa shape index (κ1) is 17.0. The number of aromatic carboxylic acids is 1. The standard InChI is InChI=1S/C18H15F3N2O2/c1-10(12-7-8-22-15(9-12)18(19,20)21)23-11(2)16(17(24)25)13-5-3-4-6-14(13)23/h3-10H,1-2H3,(H,24,25). The molecule has 1 atom stereocenters. The molecule has 0 aliphatic carbocycles. The van der Waals surface area contributed by atoms with Crippen LogP contribution in [0.3, 0.4) is 0 Å². The summed E-state index contributed by atoms with van der Waals surface area (Å²) in [6.07, 6.45) is -3.41. The van der Waals surface area contributed by atoms with Crippen molar-refractivity contribution in [3.8, 4) is 0 Å². The van der Waals surface area contributed by atoms with Crippen LogP contribution in [-0.2, 0) is 6.18 Å². The number of aromatic nitrogens is 2. The van der Waals surface area contributed by atoms with Crippen LogP contribution in [0.4, 0.5) is 13.2 Å². The molecule has 7 heteroatoms. The number of fused-ring (bicyclic) bond motifs is 1. The molecule has 1 unspecified atom stereocenters. The van der Waals surface area contributed by atoms with Crippen LogP contribution >= 0.6 is 0 Å². The number of para-hydroxylation sites is 1. The van der Waals surface area contributed by atoms with Crippen LogP contribution in [0.1, 0.15) is 40.3 Å². The van der Waals surface area contributed by atoms with Gasteiger partial charge in [-0.15, -0.1) is 0 Å². The van der Waals surface area contributed by atoms with Gasteiger partial charge in [0.2, 0.25) is 0 Å². The Labute approximate surface area is 141 Å². The monoisotopic (exact) mass is 348 g/mol. The molecular formula is C18H15F3N2O2. The largest absolute Gasteiger partial charge is 0.478 e. The lowest BCUT2D eigenvalue weighted by Gasteiger charge is -2.19. The second kappa shape index (κ2) is 5.91. The van der Waals surface area contributed by atoms with Crippen molar-refractivity contribution in [2.24, 2.45) is 0 Å². The highest BCUT2D eigenvalue weighted by Crippen LogP contribution is 2.34. The van der Waals surface area contributed by atoms with E-state index >= 15 is 0 Å². The lowest BCUT2D eigenvalue weighted by Crippen LogP contribution is -2.13. The van der Waals surface area contributed by atoms with Crippen molar-refractivity contribution in [1.29, 1.82) is 0 Å². The fourth-order valence-electron chi connectivity index (χ4n) is 3.17. The van der Waals surface area contributed by atoms with E-state index in [2.05, 4.69) is 4.98 Å². The second-order valence-corrected chi connectivity index (χ2v) is 5.80. The summed E-state index contributed by atoms with van der Waals surface area (Å²) in [6.45, 7) is 3.40. The predicted octanol–water partition coefficient (Wildman–Crippen LogP) is 4.67. The fraction of sp³-hybridized carbons (Fsp3) is 0.222. The predicted molar refractivity (Wildman–Crippen MR) is 86.7 cm³/mol. The first-order chi connectivity index (χ1) is 11.7. The van der Waals surface area contributed by atoms with E-state index in [0.29, 0.717) is 22.2 Å². The molecule has 2 aromatic heterocycles. The van der Waals surface area contributed by atoms with Gasteiger partial charge in [0, 0.05) is 22.8 Å². The van der Waals surface area contributed by atoms with Crippen LogP contribution < -0.4 is 0 Å². The summed E-state index contributed by atoms with van der Waals surface area (Å²) in [5.74, 6) is -1.06. The zero-order valence-electron chi connectivity index (χ0n) is 13.5. The maximum absolute atomic E-state index is 12.9. The van der Waals surface area contributed by atoms with Gasteiger partial charge in [-0.1, -0.05) is 18.2 Å². The van der Waals surface area contributed by atoms with E-state index in [-0.39, 0.29) is 5.56 Å². The van der Waals surface area contributed by atoms with Crippen LogP contribution in [-0.4, -0.2) is 20.6 Å². The summed E-state index contributed by atoms with van der Waals surface area (Å²) in [6, 6.07) is 8.98. The molecule has 0 saturated heterocycles. The molecule has 1 aromatic carbocycles. The lowest BCUT2D eigenvalue weighted by molar-refractivity contribution is -0.141. The third-order valence-corrected chi connectivity index (χ3v) is 4.31. The van der Waals surface area contributed by atoms with Gasteiger partial charge < -0.3 is 9.67 Å². The number of rotatable bonds is 3. The molecule has 25 heavy (non-hydrogen) atoms. The van der Waals surface area contributed by atoms with Crippen LogP contribution in [0.2, 0.25) is 0 Å². The Balaban J connectivity index is 2.20. The molecule has 4 nitrogen and oxygen atoms in total. The van der Waals surface area contributed by atoms with Crippen LogP contribution in [0.25, 0.3) is 10.9 Å². The SMILES string of the molecule is Cc1c(C(=O)O)c2ccccc2n1C(C)c1ccnc(C(F)(F)F)c1. The smallest absolute Gasteiger partial charge is 0.433 e. The van der Waals surface area contributed by atoms with E-state index in [1.54, 1.807) is 42.7 Å². The van der Waals surface area contributed by atoms with Crippen molar-refractivity contribution < 1.29 is 23.1 Å². The van der Waals surface area contributed by atoms with Crippen molar-refractivity contribution in [1.82, 2.24) is 9.55 Å². The van der Waals surface area contributed by atoms with E-state index in [1.165, 1.54) is 6.07 Å². The second-order valence-electron chi connectivity index (χ2n) is 5.80. The minimum atomic E-state index is -4.53. The van der Waals surface area contributed by atoms with Crippen molar-refractivity contribution in [3.63, 3.8) is 0 Å². The molecule has 3 rings (SSSR count). The zero-order chi connectivity index (χ0) is 18.4. The first-order valence-corrected chi connectivity index (χ1v) is 7.57. The number of carboxylic acids is 1. The van der Waals surface area contributed by atoms with Gasteiger partial charge in [0.1, 0.15) is 5.69 Å². The maximum Gasteiger partial charge on any atom is 0.433 e. The van der Waals surface area contributed by atoms with Crippen molar-refractivity contribution in [2.45, 2.75) is 26.1 Å². The Morgan fingerprint density at radius 1 is 1.24 bits per heavy atom. The van der Waals surface area contributed by atoms with Crippen LogP contribution in [0.5, 0.6) is 0 Å². The molecule has 0 spiro atoms. The van der Waals surface area contributed by atoms with E-state index < -0.39 is 23.9 Å². The van der Waals surface area contributed by atoms with Crippen LogP contribution in [0.15, 0.2) is 42.6 Å². The van der Waals surface area contributed by atoms with E-state index in [0.717, 1.165) is 12.3 Å². The number of nitrogens with zero attached hydrogens (tertiary/aromatic N) is 2. The molecule has 0 aliphatic rings. The summed E-state index contributed by atoms with van der Waals surface area (Å²) in [5.41, 5.74) is 0.752. The molecular weight excluding hydrogens is 333 g/mol. The average molecular weight is 348 g/mol. The Bertz CT molecular complexity index is 961. The lowest BCUT2D eigenvalue weighted by atomic mass is 10.1. The topological polar surface area (TPSA) is 55.1 Å². The third kappa shape index (κ3) is 2.86. The number of carboxylic acid groups (broad SMARTS) is 1. The van der Waals surface area contributed by atoms with Crippen molar-refractivity contribution in [3.05, 3.63) is 65.1 Å². The summed E-state index contributed by atoms with van der Waals surface area (Å²) < 4.78 is 40.5. The van der Waals surface area contributed by atoms with Crippen LogP contribution in [0, 0.1) is 6.92 Å². The van der Waals surface area contributed by atoms with Gasteiger partial charge in [-0.25, -0.2) is 4.79 Å². The van der Waals surface area contributed by atoms with Gasteiger partial charge in [-0.3, -0.25) is 4.98 Å². The molecule has 3 aromatic rings. The summed E-state index contributed by atoms with van der Waals surface area (Å²) in [4.78, 5) is 15.0. The molecule has 0 aliphatic heterocycles. The number of carbonyl (C=O) groups is 1. The number of alkyl halides is 3. The quantitative estimate of drug-likeness (QED) is 0.748. The molecule has 1 N–H and O–H groups in total. The average Bonchev–Trinajstić information content (AvgIpc) is 2.85. The Hall–Kier alpha value is -2.83. The molecule has 0 radical (unpaired) electrons. The van der Waals surface area contributed by atoms with Crippen molar-refractivity contribution >= 4 is 16.9 Å². The van der Waals surface area contributed by atoms with Gasteiger partial charge in [0.15, 0.2) is 0 Å². The van der Waals surface area contributed by atoms with Gasteiger partial charge >= 0.3 is 12.1 Å². The molecule has 0 saturated carbocycles. The number of halogens is 3. The van der Waals surface area contributed by atoms with Gasteiger partial charge in [0.05, 0.1) is 11.6 Å². The summed E-state index contributed by atoms with van der Waals surface area (Å²) in [7, 11) is 0. The molecule has 130 valence electrons. The minimum absolute atomic E-state index is 0.160. The molecule has 2 heterocycles.